The molecule has 5 aliphatic rings. The zero-order chi connectivity index (χ0) is 82.0. The Kier molecular flexibility index (Phi) is 35.6. The molecule has 5 atom stereocenters. The number of hydrogen-bond acceptors (Lipinski definition) is 24. The summed E-state index contributed by atoms with van der Waals surface area (Å²) in [6.07, 6.45) is 18.8. The molecule has 0 bridgehead atoms. The molecule has 32 nitrogen and oxygen atoms in total. The maximum absolute atomic E-state index is 14.3. The van der Waals surface area contributed by atoms with Crippen LogP contribution < -0.4 is 45.1 Å². The van der Waals surface area contributed by atoms with Crippen molar-refractivity contribution in [3.63, 3.8) is 0 Å². The molecule has 7 amide bonds. The van der Waals surface area contributed by atoms with Gasteiger partial charge in [-0.1, -0.05) is 79.7 Å². The lowest BCUT2D eigenvalue weighted by molar-refractivity contribution is -0.132. The van der Waals surface area contributed by atoms with Crippen molar-refractivity contribution in [3.05, 3.63) is 143 Å². The van der Waals surface area contributed by atoms with Gasteiger partial charge in [-0.25, -0.2) is 9.69 Å². The molecule has 4 aromatic rings. The zero-order valence-electron chi connectivity index (χ0n) is 66.5. The van der Waals surface area contributed by atoms with Crippen molar-refractivity contribution in [3.8, 4) is 34.8 Å². The number of fused-ring (bicyclic) bond motifs is 4. The number of methoxy groups -OCH3 is 2. The monoisotopic (exact) mass is 1600 g/mol. The second-order valence-electron chi connectivity index (χ2n) is 27.9. The lowest BCUT2D eigenvalue weighted by Crippen LogP contribution is -2.53. The number of aliphatic imine (C=N–C) groups is 1. The number of benzene rings is 3. The van der Waals surface area contributed by atoms with E-state index in [0.717, 1.165) is 28.0 Å². The number of hydrogen-bond donors (Lipinski definition) is 7. The Hall–Kier alpha value is -10.4. The average Bonchev–Trinajstić information content (AvgIpc) is 1.61. The SMILES string of the molecule is COc1cc2c(cc1OCCCCCOc1cc3c(cc1OC)C(=O)N1C=C(C)CC1C(O)N3C(=O)OCc1ccc(NC(=O)C(C)NC(=O)C(NC(=O)CCOCCOCCOCCOCCOCCOCCOCCOCCNC(=O)CCn3c(O)cc(C4=C/C=C\C=C/C=C\4)c3O)C(C)C)cc1)N=CC1CC(C)=CN1C2=O. The number of nitrogens with zero attached hydrogens (tertiary/aromatic N) is 5. The topological polar surface area (TPSA) is 375 Å². The van der Waals surface area contributed by atoms with Crippen LogP contribution in [0.4, 0.5) is 21.9 Å². The number of unbranched alkanes of at least 4 members (excludes halogenated alkanes) is 2. The van der Waals surface area contributed by atoms with Gasteiger partial charge in [0.25, 0.3) is 11.8 Å². The number of nitrogens with one attached hydrogen (secondary N) is 4. The van der Waals surface area contributed by atoms with E-state index in [4.69, 9.17) is 61.6 Å². The molecule has 115 heavy (non-hydrogen) atoms. The summed E-state index contributed by atoms with van der Waals surface area (Å²) in [6, 6.07) is 11.4. The van der Waals surface area contributed by atoms with Gasteiger partial charge in [0, 0.05) is 74.0 Å². The number of aromatic nitrogens is 1. The van der Waals surface area contributed by atoms with Crippen LogP contribution in [0.2, 0.25) is 0 Å². The molecule has 0 fully saturated rings. The number of rotatable bonds is 49. The summed E-state index contributed by atoms with van der Waals surface area (Å²) in [4.78, 5) is 103. The number of amides is 7. The van der Waals surface area contributed by atoms with Crippen molar-refractivity contribution in [2.24, 2.45) is 10.9 Å². The van der Waals surface area contributed by atoms with E-state index in [-0.39, 0.29) is 111 Å². The third-order valence-electron chi connectivity index (χ3n) is 18.9. The smallest absolute Gasteiger partial charge is 0.416 e. The Labute approximate surface area is 669 Å². The summed E-state index contributed by atoms with van der Waals surface area (Å²) in [7, 11) is 2.96. The largest absolute Gasteiger partial charge is 0.494 e. The molecule has 0 saturated carbocycles. The number of anilines is 2. The molecule has 4 aliphatic heterocycles. The fourth-order valence-corrected chi connectivity index (χ4v) is 12.8. The van der Waals surface area contributed by atoms with Crippen LogP contribution in [-0.4, -0.2) is 248 Å². The molecule has 624 valence electrons. The van der Waals surface area contributed by atoms with Gasteiger partial charge in [-0.05, 0) is 94.2 Å². The van der Waals surface area contributed by atoms with Crippen LogP contribution in [0, 0.1) is 5.92 Å². The Balaban J connectivity index is 0.573. The maximum atomic E-state index is 14.3. The fraction of sp³-hybridized carbons (Fsp3) is 0.494. The molecule has 32 heteroatoms. The highest BCUT2D eigenvalue weighted by atomic mass is 16.6. The van der Waals surface area contributed by atoms with Crippen LogP contribution in [0.1, 0.15) is 111 Å². The van der Waals surface area contributed by atoms with Crippen LogP contribution in [-0.2, 0) is 75.0 Å². The first-order valence-corrected chi connectivity index (χ1v) is 38.8. The van der Waals surface area contributed by atoms with Crippen LogP contribution in [0.3, 0.4) is 0 Å². The first kappa shape index (κ1) is 88.5. The highest BCUT2D eigenvalue weighted by molar-refractivity contribution is 6.07. The van der Waals surface area contributed by atoms with E-state index in [1.807, 2.05) is 62.6 Å². The van der Waals surface area contributed by atoms with E-state index in [2.05, 4.69) is 26.3 Å². The number of carbonyl (C=O) groups is 7. The Bertz CT molecular complexity index is 4150. The van der Waals surface area contributed by atoms with Crippen LogP contribution in [0.5, 0.6) is 34.8 Å². The summed E-state index contributed by atoms with van der Waals surface area (Å²) < 4.78 is 75.2. The van der Waals surface area contributed by atoms with Crippen LogP contribution in [0.25, 0.3) is 5.57 Å². The van der Waals surface area contributed by atoms with E-state index in [9.17, 15) is 48.9 Å². The van der Waals surface area contributed by atoms with Gasteiger partial charge in [-0.3, -0.25) is 38.3 Å². The second kappa shape index (κ2) is 46.2. The van der Waals surface area contributed by atoms with Crippen molar-refractivity contribution in [1.29, 1.82) is 0 Å². The average molecular weight is 1600 g/mol. The van der Waals surface area contributed by atoms with Crippen molar-refractivity contribution >= 4 is 70.4 Å². The minimum atomic E-state index is -1.53. The summed E-state index contributed by atoms with van der Waals surface area (Å²) in [6.45, 7) is 15.0. The molecular weight excluding hydrogens is 1490 g/mol. The maximum Gasteiger partial charge on any atom is 0.416 e. The fourth-order valence-electron chi connectivity index (χ4n) is 12.8. The molecule has 7 N–H and O–H groups in total. The predicted molar refractivity (Wildman–Crippen MR) is 426 cm³/mol. The number of ether oxygens (including phenoxy) is 13. The molecule has 5 unspecified atom stereocenters. The third-order valence-corrected chi connectivity index (χ3v) is 18.9. The molecule has 1 aliphatic carbocycles. The van der Waals surface area contributed by atoms with E-state index in [1.165, 1.54) is 48.8 Å². The van der Waals surface area contributed by atoms with Gasteiger partial charge >= 0.3 is 6.09 Å². The Morgan fingerprint density at radius 3 is 1.75 bits per heavy atom. The minimum Gasteiger partial charge on any atom is -0.494 e. The van der Waals surface area contributed by atoms with Gasteiger partial charge in [0.15, 0.2) is 35.1 Å². The first-order chi connectivity index (χ1) is 55.7. The molecule has 9 rings (SSSR count). The van der Waals surface area contributed by atoms with E-state index in [1.54, 1.807) is 67.6 Å². The molecule has 3 aromatic carbocycles. The molecular formula is C83H109N9O23. The minimum absolute atomic E-state index is 0.0154. The summed E-state index contributed by atoms with van der Waals surface area (Å²) in [5, 5.41) is 44.1. The zero-order valence-corrected chi connectivity index (χ0v) is 66.5. The van der Waals surface area contributed by atoms with Crippen molar-refractivity contribution < 1.29 is 110 Å². The van der Waals surface area contributed by atoms with Gasteiger partial charge in [-0.15, -0.1) is 0 Å². The highest BCUT2D eigenvalue weighted by Crippen LogP contribution is 2.43. The Morgan fingerprint density at radius 1 is 0.574 bits per heavy atom. The first-order valence-electron chi connectivity index (χ1n) is 38.8. The molecule has 0 radical (unpaired) electrons. The summed E-state index contributed by atoms with van der Waals surface area (Å²) in [5.74, 6) is -1.55. The van der Waals surface area contributed by atoms with Crippen molar-refractivity contribution in [2.45, 2.75) is 123 Å². The standard InChI is InChI=1S/C83H109N9O23/c1-55(2)76(88-74(94)23-28-105-30-32-107-34-36-109-38-40-111-42-43-112-41-39-110-37-35-108-33-31-106-29-24-84-73(93)22-25-89-75(95)48-63(79(89)98)60-16-12-9-8-10-13-17-60)78(97)86-58(5)77(96)87-61-20-18-59(19-21-61)54-115-83(102)92-67-50-72(70(104-7)47-65(67)81(100)91-53-57(4)45-68(91)82(92)101)114-27-15-11-14-26-113-71-49-66-64(46-69(71)103-6)80(99)90-52-56(3)44-62(90)51-85-66/h8-10,12-13,16-21,46-53,55,58,62,68,76,82,95,98,101H,11,14-15,22-45,54H2,1-7H3,(H,84,93)(H,86,97)(H,87,96)(H,88,94)/b9-8-,10-8?,12-9?,13-10-,16-12-,17-13?,60-16?,60-17+. The molecule has 5 heterocycles. The summed E-state index contributed by atoms with van der Waals surface area (Å²) in [5.41, 5.74) is 5.11. The molecule has 0 spiro atoms. The Morgan fingerprint density at radius 2 is 1.13 bits per heavy atom. The molecule has 1 aromatic heterocycles. The number of allylic oxidation sites excluding steroid dienone is 8. The highest BCUT2D eigenvalue weighted by Gasteiger charge is 2.45. The number of carbonyl (C=O) groups excluding carboxylic acids is 7. The predicted octanol–water partition coefficient (Wildman–Crippen LogP) is 8.35. The summed E-state index contributed by atoms with van der Waals surface area (Å²) >= 11 is 0. The molecule has 0 saturated heterocycles. The number of aromatic hydroxyl groups is 2. The van der Waals surface area contributed by atoms with E-state index >= 15 is 0 Å². The van der Waals surface area contributed by atoms with Crippen LogP contribution >= 0.6 is 0 Å². The van der Waals surface area contributed by atoms with Gasteiger partial charge in [0.2, 0.25) is 29.5 Å². The number of aliphatic hydroxyl groups is 1. The van der Waals surface area contributed by atoms with Crippen LogP contribution in [0.15, 0.2) is 126 Å². The van der Waals surface area contributed by atoms with E-state index < -0.39 is 54.1 Å². The quantitative estimate of drug-likeness (QED) is 0.0204. The van der Waals surface area contributed by atoms with Gasteiger partial charge < -0.3 is 108 Å². The lowest BCUT2D eigenvalue weighted by atomic mass is 10.0. The van der Waals surface area contributed by atoms with Gasteiger partial charge in [0.05, 0.1) is 168 Å². The lowest BCUT2D eigenvalue weighted by Gasteiger charge is -2.31. The third kappa shape index (κ3) is 26.6. The second-order valence-corrected chi connectivity index (χ2v) is 27.9. The normalized spacial score (nSPS) is 17.9. The van der Waals surface area contributed by atoms with Gasteiger partial charge in [-0.2, -0.15) is 0 Å². The number of aliphatic hydroxyl groups excluding tert-OH is 1. The van der Waals surface area contributed by atoms with Crippen molar-refractivity contribution in [2.75, 3.05) is 150 Å². The van der Waals surface area contributed by atoms with Gasteiger partial charge in [0.1, 0.15) is 18.7 Å². The van der Waals surface area contributed by atoms with E-state index in [0.29, 0.717) is 164 Å². The van der Waals surface area contributed by atoms with Crippen molar-refractivity contribution in [1.82, 2.24) is 30.3 Å².